The summed E-state index contributed by atoms with van der Waals surface area (Å²) in [6, 6.07) is 4.75. The Morgan fingerprint density at radius 1 is 1.43 bits per heavy atom. The highest BCUT2D eigenvalue weighted by molar-refractivity contribution is 7.91. The van der Waals surface area contributed by atoms with Crippen LogP contribution in [-0.4, -0.2) is 25.9 Å². The van der Waals surface area contributed by atoms with E-state index in [1.54, 1.807) is 12.1 Å². The second-order valence-electron chi connectivity index (χ2n) is 3.08. The van der Waals surface area contributed by atoms with Crippen LogP contribution in [0.15, 0.2) is 23.1 Å². The Kier molecular flexibility index (Phi) is 3.13. The van der Waals surface area contributed by atoms with E-state index in [4.69, 9.17) is 10.8 Å². The first-order valence-electron chi connectivity index (χ1n) is 4.17. The quantitative estimate of drug-likeness (QED) is 0.713. The first kappa shape index (κ1) is 11.0. The number of sulfone groups is 1. The van der Waals surface area contributed by atoms with Crippen molar-refractivity contribution < 1.29 is 13.5 Å². The minimum atomic E-state index is -3.43. The zero-order chi connectivity index (χ0) is 10.8. The van der Waals surface area contributed by atoms with Crippen molar-refractivity contribution in [3.05, 3.63) is 23.8 Å². The van der Waals surface area contributed by atoms with E-state index in [1.807, 2.05) is 6.92 Å². The molecule has 0 aromatic heterocycles. The Labute approximate surface area is 83.3 Å². The van der Waals surface area contributed by atoms with Crippen molar-refractivity contribution in [1.29, 1.82) is 0 Å². The van der Waals surface area contributed by atoms with Gasteiger partial charge in [0.05, 0.1) is 22.9 Å². The van der Waals surface area contributed by atoms with Gasteiger partial charge in [-0.25, -0.2) is 8.42 Å². The lowest BCUT2D eigenvalue weighted by Gasteiger charge is -2.06. The molecule has 0 amide bonds. The minimum Gasteiger partial charge on any atom is -0.398 e. The standard InChI is InChI=1S/C9H13NO3S/c1-7-2-3-9(8(10)6-7)14(12,13)5-4-11/h2-3,6,11H,4-5,10H2,1H3. The molecule has 0 radical (unpaired) electrons. The van der Waals surface area contributed by atoms with E-state index in [-0.39, 0.29) is 16.3 Å². The number of hydrogen-bond acceptors (Lipinski definition) is 4. The van der Waals surface area contributed by atoms with Crippen molar-refractivity contribution >= 4 is 15.5 Å². The number of rotatable bonds is 3. The first-order chi connectivity index (χ1) is 6.47. The fraction of sp³-hybridized carbons (Fsp3) is 0.333. The highest BCUT2D eigenvalue weighted by Crippen LogP contribution is 2.20. The van der Waals surface area contributed by atoms with Crippen molar-refractivity contribution in [2.45, 2.75) is 11.8 Å². The summed E-state index contributed by atoms with van der Waals surface area (Å²) in [6.45, 7) is 1.44. The Balaban J connectivity index is 3.20. The molecule has 1 aromatic rings. The molecule has 0 fully saturated rings. The smallest absolute Gasteiger partial charge is 0.182 e. The largest absolute Gasteiger partial charge is 0.398 e. The number of nitrogens with two attached hydrogens (primary N) is 1. The van der Waals surface area contributed by atoms with Gasteiger partial charge in [0.25, 0.3) is 0 Å². The van der Waals surface area contributed by atoms with Gasteiger partial charge < -0.3 is 10.8 Å². The lowest BCUT2D eigenvalue weighted by molar-refractivity contribution is 0.319. The predicted molar refractivity (Wildman–Crippen MR) is 54.7 cm³/mol. The molecule has 4 nitrogen and oxygen atoms in total. The van der Waals surface area contributed by atoms with E-state index in [2.05, 4.69) is 0 Å². The van der Waals surface area contributed by atoms with Gasteiger partial charge in [0.1, 0.15) is 0 Å². The number of aliphatic hydroxyl groups excluding tert-OH is 1. The molecule has 0 aliphatic rings. The van der Waals surface area contributed by atoms with Gasteiger partial charge in [-0.15, -0.1) is 0 Å². The molecule has 0 spiro atoms. The van der Waals surface area contributed by atoms with Gasteiger partial charge >= 0.3 is 0 Å². The van der Waals surface area contributed by atoms with Crippen LogP contribution in [0.3, 0.4) is 0 Å². The van der Waals surface area contributed by atoms with E-state index in [1.165, 1.54) is 6.07 Å². The van der Waals surface area contributed by atoms with Crippen LogP contribution in [0, 0.1) is 6.92 Å². The third-order valence-corrected chi connectivity index (χ3v) is 3.62. The van der Waals surface area contributed by atoms with Crippen LogP contribution in [0.25, 0.3) is 0 Å². The highest BCUT2D eigenvalue weighted by Gasteiger charge is 2.16. The van der Waals surface area contributed by atoms with Crippen LogP contribution in [0.2, 0.25) is 0 Å². The average Bonchev–Trinajstić information content (AvgIpc) is 2.02. The summed E-state index contributed by atoms with van der Waals surface area (Å²) in [5.74, 6) is -0.291. The average molecular weight is 215 g/mol. The second-order valence-corrected chi connectivity index (χ2v) is 5.16. The molecule has 0 unspecified atom stereocenters. The van der Waals surface area contributed by atoms with Crippen molar-refractivity contribution in [3.8, 4) is 0 Å². The molecule has 0 atom stereocenters. The van der Waals surface area contributed by atoms with Gasteiger partial charge in [-0.3, -0.25) is 0 Å². The maximum absolute atomic E-state index is 11.5. The third kappa shape index (κ3) is 2.24. The molecule has 0 saturated carbocycles. The van der Waals surface area contributed by atoms with Crippen molar-refractivity contribution in [3.63, 3.8) is 0 Å². The van der Waals surface area contributed by atoms with Crippen LogP contribution in [0.5, 0.6) is 0 Å². The van der Waals surface area contributed by atoms with Crippen LogP contribution in [0.1, 0.15) is 5.56 Å². The molecule has 78 valence electrons. The molecule has 0 bridgehead atoms. The van der Waals surface area contributed by atoms with E-state index in [0.29, 0.717) is 0 Å². The molecular weight excluding hydrogens is 202 g/mol. The van der Waals surface area contributed by atoms with Gasteiger partial charge in [-0.2, -0.15) is 0 Å². The molecule has 0 saturated heterocycles. The summed E-state index contributed by atoms with van der Waals surface area (Å²) in [4.78, 5) is 0.0946. The molecule has 0 aliphatic carbocycles. The van der Waals surface area contributed by atoms with Crippen LogP contribution in [-0.2, 0) is 9.84 Å². The predicted octanol–water partition coefficient (Wildman–Crippen LogP) is 0.343. The molecule has 5 heteroatoms. The number of aliphatic hydroxyl groups is 1. The third-order valence-electron chi connectivity index (χ3n) is 1.86. The molecule has 0 aliphatic heterocycles. The molecule has 0 heterocycles. The van der Waals surface area contributed by atoms with E-state index < -0.39 is 16.4 Å². The topological polar surface area (TPSA) is 80.4 Å². The van der Waals surface area contributed by atoms with Gasteiger partial charge in [-0.05, 0) is 24.6 Å². The fourth-order valence-electron chi connectivity index (χ4n) is 1.18. The summed E-state index contributed by atoms with van der Waals surface area (Å²) >= 11 is 0. The van der Waals surface area contributed by atoms with Gasteiger partial charge in [0.2, 0.25) is 0 Å². The van der Waals surface area contributed by atoms with E-state index in [0.717, 1.165) is 5.56 Å². The number of anilines is 1. The highest BCUT2D eigenvalue weighted by atomic mass is 32.2. The number of nitrogen functional groups attached to an aromatic ring is 1. The molecule has 1 aromatic carbocycles. The van der Waals surface area contributed by atoms with Gasteiger partial charge in [0.15, 0.2) is 9.84 Å². The lowest BCUT2D eigenvalue weighted by atomic mass is 10.2. The van der Waals surface area contributed by atoms with Gasteiger partial charge in [-0.1, -0.05) is 6.07 Å². The van der Waals surface area contributed by atoms with E-state index in [9.17, 15) is 8.42 Å². The second kappa shape index (κ2) is 3.98. The number of benzene rings is 1. The maximum Gasteiger partial charge on any atom is 0.182 e. The molecule has 14 heavy (non-hydrogen) atoms. The molecule has 3 N–H and O–H groups in total. The normalized spacial score (nSPS) is 11.6. The van der Waals surface area contributed by atoms with Gasteiger partial charge in [0, 0.05) is 0 Å². The zero-order valence-corrected chi connectivity index (χ0v) is 8.71. The Hall–Kier alpha value is -1.07. The van der Waals surface area contributed by atoms with Crippen molar-refractivity contribution in [1.82, 2.24) is 0 Å². The maximum atomic E-state index is 11.5. The summed E-state index contributed by atoms with van der Waals surface area (Å²) in [6.07, 6.45) is 0. The molecule has 1 rings (SSSR count). The fourth-order valence-corrected chi connectivity index (χ4v) is 2.33. The van der Waals surface area contributed by atoms with Crippen LogP contribution >= 0.6 is 0 Å². The summed E-state index contributed by atoms with van der Waals surface area (Å²) in [5, 5.41) is 8.59. The van der Waals surface area contributed by atoms with Crippen molar-refractivity contribution in [2.24, 2.45) is 0 Å². The Morgan fingerprint density at radius 3 is 2.57 bits per heavy atom. The monoisotopic (exact) mass is 215 g/mol. The summed E-state index contributed by atoms with van der Waals surface area (Å²) < 4.78 is 23.0. The Bertz CT molecular complexity index is 426. The number of hydrogen-bond donors (Lipinski definition) is 2. The van der Waals surface area contributed by atoms with Crippen molar-refractivity contribution in [2.75, 3.05) is 18.1 Å². The number of aryl methyl sites for hydroxylation is 1. The minimum absolute atomic E-state index is 0.0946. The summed E-state index contributed by atoms with van der Waals surface area (Å²) in [5.41, 5.74) is 6.72. The van der Waals surface area contributed by atoms with Crippen LogP contribution in [0.4, 0.5) is 5.69 Å². The summed E-state index contributed by atoms with van der Waals surface area (Å²) in [7, 11) is -3.43. The Morgan fingerprint density at radius 2 is 2.07 bits per heavy atom. The zero-order valence-electron chi connectivity index (χ0n) is 7.90. The molecular formula is C9H13NO3S. The SMILES string of the molecule is Cc1ccc(S(=O)(=O)CCO)c(N)c1. The lowest BCUT2D eigenvalue weighted by Crippen LogP contribution is -2.12. The van der Waals surface area contributed by atoms with Crippen LogP contribution < -0.4 is 5.73 Å². The van der Waals surface area contributed by atoms with E-state index >= 15 is 0 Å². The first-order valence-corrected chi connectivity index (χ1v) is 5.82.